The van der Waals surface area contributed by atoms with E-state index in [0.29, 0.717) is 50.9 Å². The second-order valence-electron chi connectivity index (χ2n) is 13.5. The zero-order valence-corrected chi connectivity index (χ0v) is 33.1. The number of benzene rings is 2. The lowest BCUT2D eigenvalue weighted by Crippen LogP contribution is -2.10. The molecule has 0 unspecified atom stereocenters. The van der Waals surface area contributed by atoms with Gasteiger partial charge in [0.1, 0.15) is 23.3 Å². The molecule has 0 fully saturated rings. The SMILES string of the molecule is C.C.CSc1nc(C[C@@H](C)c2ccc(F)cc2F)cc(-c2cnn3cccnc23)n1.C[C@H](Cc1cc(-c2cnn3cccnc23)nc(S(C)(=O)=O)n1)c1ccc(F)cc1F. The van der Waals surface area contributed by atoms with E-state index in [1.54, 1.807) is 65.1 Å². The van der Waals surface area contributed by atoms with Crippen LogP contribution in [0.2, 0.25) is 0 Å². The van der Waals surface area contributed by atoms with Crippen molar-refractivity contribution in [3.8, 4) is 22.5 Å². The number of rotatable bonds is 10. The monoisotopic (exact) mass is 858 g/mol. The Morgan fingerprint density at radius 2 is 1.13 bits per heavy atom. The van der Waals surface area contributed by atoms with E-state index in [1.807, 2.05) is 25.4 Å². The number of halogens is 4. The normalized spacial score (nSPS) is 12.3. The lowest BCUT2D eigenvalue weighted by Gasteiger charge is -2.14. The van der Waals surface area contributed by atoms with E-state index in [9.17, 15) is 26.0 Å². The first-order valence-corrected chi connectivity index (χ1v) is 20.9. The van der Waals surface area contributed by atoms with Crippen LogP contribution in [0.25, 0.3) is 33.8 Å². The summed E-state index contributed by atoms with van der Waals surface area (Å²) in [5.74, 6) is -2.98. The summed E-state index contributed by atoms with van der Waals surface area (Å²) in [4.78, 5) is 26.2. The Morgan fingerprint density at radius 3 is 1.58 bits per heavy atom. The summed E-state index contributed by atoms with van der Waals surface area (Å²) in [7, 11) is -3.70. The van der Waals surface area contributed by atoms with Crippen LogP contribution >= 0.6 is 11.8 Å². The van der Waals surface area contributed by atoms with Crippen molar-refractivity contribution < 1.29 is 26.0 Å². The van der Waals surface area contributed by atoms with Crippen LogP contribution in [0.3, 0.4) is 0 Å². The Kier molecular flexibility index (Phi) is 14.1. The summed E-state index contributed by atoms with van der Waals surface area (Å²) in [5.41, 5.74) is 5.60. The minimum Gasteiger partial charge on any atom is -0.236 e. The molecule has 6 aromatic heterocycles. The van der Waals surface area contributed by atoms with Crippen molar-refractivity contribution >= 4 is 32.9 Å². The number of aromatic nitrogens is 10. The van der Waals surface area contributed by atoms with E-state index >= 15 is 0 Å². The van der Waals surface area contributed by atoms with Gasteiger partial charge in [0.05, 0.1) is 34.9 Å². The Labute approximate surface area is 349 Å². The van der Waals surface area contributed by atoms with Gasteiger partial charge in [-0.3, -0.25) is 0 Å². The predicted molar refractivity (Wildman–Crippen MR) is 223 cm³/mol. The molecule has 0 aliphatic heterocycles. The third-order valence-electron chi connectivity index (χ3n) is 9.16. The maximum atomic E-state index is 14.2. The molecule has 8 aromatic rings. The molecular formula is C42H42F4N10O2S2. The average Bonchev–Trinajstić information content (AvgIpc) is 3.83. The molecule has 0 radical (unpaired) electrons. The molecule has 2 aromatic carbocycles. The fraction of sp³-hybridized carbons (Fsp3) is 0.238. The van der Waals surface area contributed by atoms with E-state index in [-0.39, 0.29) is 38.3 Å². The van der Waals surface area contributed by atoms with Gasteiger partial charge in [0, 0.05) is 54.6 Å². The van der Waals surface area contributed by atoms with E-state index in [2.05, 4.69) is 40.1 Å². The fourth-order valence-corrected chi connectivity index (χ4v) is 7.30. The first-order chi connectivity index (χ1) is 27.8. The topological polar surface area (TPSA) is 146 Å². The number of hydrogen-bond donors (Lipinski definition) is 0. The van der Waals surface area contributed by atoms with Gasteiger partial charge in [0.15, 0.2) is 16.5 Å². The molecule has 0 saturated heterocycles. The van der Waals surface area contributed by atoms with Gasteiger partial charge in [0.2, 0.25) is 15.0 Å². The lowest BCUT2D eigenvalue weighted by atomic mass is 9.95. The van der Waals surface area contributed by atoms with Crippen LogP contribution in [0.15, 0.2) is 108 Å². The smallest absolute Gasteiger partial charge is 0.236 e. The number of nitrogens with zero attached hydrogens (tertiary/aromatic N) is 10. The van der Waals surface area contributed by atoms with E-state index in [0.717, 1.165) is 35.3 Å². The molecule has 0 saturated carbocycles. The molecule has 0 bridgehead atoms. The van der Waals surface area contributed by atoms with Crippen molar-refractivity contribution in [3.63, 3.8) is 0 Å². The van der Waals surface area contributed by atoms with Crippen LogP contribution in [-0.4, -0.2) is 70.1 Å². The molecule has 18 heteroatoms. The van der Waals surface area contributed by atoms with E-state index in [4.69, 9.17) is 0 Å². The molecule has 0 aliphatic rings. The van der Waals surface area contributed by atoms with Crippen molar-refractivity contribution in [3.05, 3.63) is 144 Å². The van der Waals surface area contributed by atoms with Crippen LogP contribution in [0.4, 0.5) is 17.6 Å². The van der Waals surface area contributed by atoms with Gasteiger partial charge in [-0.25, -0.2) is 64.9 Å². The molecular weight excluding hydrogens is 817 g/mol. The highest BCUT2D eigenvalue weighted by molar-refractivity contribution is 7.98. The maximum absolute atomic E-state index is 14.2. The zero-order valence-electron chi connectivity index (χ0n) is 31.4. The second-order valence-corrected chi connectivity index (χ2v) is 16.1. The third-order valence-corrected chi connectivity index (χ3v) is 10.6. The molecule has 2 atom stereocenters. The minimum absolute atomic E-state index is 0. The molecule has 60 heavy (non-hydrogen) atoms. The van der Waals surface area contributed by atoms with Crippen molar-refractivity contribution in [2.75, 3.05) is 12.5 Å². The Hall–Kier alpha value is -6.14. The highest BCUT2D eigenvalue weighted by Gasteiger charge is 2.21. The number of fused-ring (bicyclic) bond motifs is 2. The zero-order chi connectivity index (χ0) is 41.1. The largest absolute Gasteiger partial charge is 0.247 e. The van der Waals surface area contributed by atoms with Crippen LogP contribution < -0.4 is 0 Å². The van der Waals surface area contributed by atoms with Gasteiger partial charge >= 0.3 is 0 Å². The highest BCUT2D eigenvalue weighted by Crippen LogP contribution is 2.29. The number of hydrogen-bond acceptors (Lipinski definition) is 11. The Balaban J connectivity index is 0.000000221. The standard InChI is InChI=1S/C20H17F2N5O2S.C20H17F2N5S.2CH4/c1-12(15-5-4-13(21)9-17(15)22)8-14-10-18(26-20(25-14)30(2,28)29)16-11-24-27-7-3-6-23-19(16)27;1-12(15-5-4-13(21)9-17(15)22)8-14-10-18(26-20(25-14)28-2)16-11-24-27-7-3-6-23-19(16)27;;/h3-7,9-12H,8H2,1-2H3;3-7,9-12H,8H2,1-2H3;2*1H4/t2*12-;;/m11../s1. The molecule has 8 rings (SSSR count). The molecule has 0 spiro atoms. The van der Waals surface area contributed by atoms with Crippen LogP contribution in [0.5, 0.6) is 0 Å². The van der Waals surface area contributed by atoms with Gasteiger partial charge in [0.25, 0.3) is 0 Å². The molecule has 0 amide bonds. The van der Waals surface area contributed by atoms with Crippen LogP contribution in [-0.2, 0) is 22.7 Å². The summed E-state index contributed by atoms with van der Waals surface area (Å²) in [6.45, 7) is 3.66. The van der Waals surface area contributed by atoms with Crippen LogP contribution in [0.1, 0.15) is 63.1 Å². The van der Waals surface area contributed by atoms with Crippen LogP contribution in [0, 0.1) is 23.3 Å². The van der Waals surface area contributed by atoms with E-state index in [1.165, 1.54) is 36.0 Å². The second kappa shape index (κ2) is 18.8. The quantitative estimate of drug-likeness (QED) is 0.0738. The molecule has 0 aliphatic carbocycles. The van der Waals surface area contributed by atoms with Crippen molar-refractivity contribution in [2.45, 2.75) is 63.7 Å². The summed E-state index contributed by atoms with van der Waals surface area (Å²) >= 11 is 1.43. The van der Waals surface area contributed by atoms with Crippen molar-refractivity contribution in [1.82, 2.24) is 49.1 Å². The summed E-state index contributed by atoms with van der Waals surface area (Å²) < 4.78 is 82.3. The summed E-state index contributed by atoms with van der Waals surface area (Å²) in [5, 5.41) is 8.80. The molecule has 12 nitrogen and oxygen atoms in total. The summed E-state index contributed by atoms with van der Waals surface area (Å²) in [6, 6.07) is 14.1. The van der Waals surface area contributed by atoms with Gasteiger partial charge in [-0.2, -0.15) is 10.2 Å². The van der Waals surface area contributed by atoms with Crippen molar-refractivity contribution in [1.29, 1.82) is 0 Å². The number of thioether (sulfide) groups is 1. The maximum Gasteiger partial charge on any atom is 0.247 e. The van der Waals surface area contributed by atoms with Gasteiger partial charge in [-0.15, -0.1) is 0 Å². The Morgan fingerprint density at radius 1 is 0.667 bits per heavy atom. The fourth-order valence-electron chi connectivity index (χ4n) is 6.35. The Bertz CT molecular complexity index is 2890. The third kappa shape index (κ3) is 9.99. The molecule has 6 heterocycles. The molecule has 0 N–H and O–H groups in total. The predicted octanol–water partition coefficient (Wildman–Crippen LogP) is 9.02. The first kappa shape index (κ1) is 45.0. The first-order valence-electron chi connectivity index (χ1n) is 17.7. The summed E-state index contributed by atoms with van der Waals surface area (Å²) in [6.07, 6.45) is 13.8. The minimum atomic E-state index is -3.70. The number of sulfone groups is 1. The molecule has 312 valence electrons. The van der Waals surface area contributed by atoms with E-state index < -0.39 is 33.1 Å². The van der Waals surface area contributed by atoms with Gasteiger partial charge in [-0.05, 0) is 78.5 Å². The van der Waals surface area contributed by atoms with Crippen molar-refractivity contribution in [2.24, 2.45) is 0 Å². The van der Waals surface area contributed by atoms with Gasteiger partial charge in [-0.1, -0.05) is 52.6 Å². The lowest BCUT2D eigenvalue weighted by molar-refractivity contribution is 0.555. The highest BCUT2D eigenvalue weighted by atomic mass is 32.2. The van der Waals surface area contributed by atoms with Gasteiger partial charge < -0.3 is 0 Å². The average molecular weight is 859 g/mol.